The molecule has 0 amide bonds. The van der Waals surface area contributed by atoms with Gasteiger partial charge in [-0.3, -0.25) is 14.3 Å². The normalized spacial score (nSPS) is 23.8. The van der Waals surface area contributed by atoms with E-state index < -0.39 is 0 Å². The van der Waals surface area contributed by atoms with Crippen molar-refractivity contribution in [2.24, 2.45) is 0 Å². The van der Waals surface area contributed by atoms with Gasteiger partial charge in [0.1, 0.15) is 6.23 Å². The second-order valence-corrected chi connectivity index (χ2v) is 4.61. The maximum absolute atomic E-state index is 11.6. The van der Waals surface area contributed by atoms with Crippen molar-refractivity contribution in [3.63, 3.8) is 0 Å². The second-order valence-electron chi connectivity index (χ2n) is 4.25. The molecule has 3 heterocycles. The molecule has 1 fully saturated rings. The Morgan fingerprint density at radius 2 is 2.44 bits per heavy atom. The molecule has 2 atom stereocenters. The Balaban J connectivity index is 2.05. The summed E-state index contributed by atoms with van der Waals surface area (Å²) in [6, 6.07) is 0. The number of fused-ring (bicyclic) bond motifs is 1. The Labute approximate surface area is 108 Å². The number of hydrogen-bond acceptors (Lipinski definition) is 6. The number of ether oxygens (including phenoxy) is 1. The highest BCUT2D eigenvalue weighted by Gasteiger charge is 2.27. The summed E-state index contributed by atoms with van der Waals surface area (Å²) in [6.07, 6.45) is 3.34. The molecule has 2 aromatic rings. The average molecular weight is 267 g/mol. The van der Waals surface area contributed by atoms with Crippen LogP contribution in [0.5, 0.6) is 0 Å². The van der Waals surface area contributed by atoms with Gasteiger partial charge in [-0.25, -0.2) is 4.98 Å². The van der Waals surface area contributed by atoms with Crippen LogP contribution in [0.25, 0.3) is 11.2 Å². The molecule has 0 aliphatic carbocycles. The van der Waals surface area contributed by atoms with Crippen LogP contribution in [0.1, 0.15) is 19.1 Å². The van der Waals surface area contributed by atoms with Gasteiger partial charge in [0.25, 0.3) is 5.56 Å². The lowest BCUT2D eigenvalue weighted by molar-refractivity contribution is 0.0155. The van der Waals surface area contributed by atoms with Crippen molar-refractivity contribution < 1.29 is 4.74 Å². The summed E-state index contributed by atoms with van der Waals surface area (Å²) < 4.78 is 7.55. The number of aromatic amines is 1. The third-order valence-electron chi connectivity index (χ3n) is 3.05. The van der Waals surface area contributed by atoms with E-state index in [0.29, 0.717) is 11.4 Å². The lowest BCUT2D eigenvalue weighted by Gasteiger charge is -2.13. The third-order valence-corrected chi connectivity index (χ3v) is 3.46. The van der Waals surface area contributed by atoms with Crippen molar-refractivity contribution in [3.8, 4) is 0 Å². The Bertz CT molecular complexity index is 637. The van der Waals surface area contributed by atoms with Crippen LogP contribution in [0, 0.1) is 0 Å². The number of thiol groups is 1. The van der Waals surface area contributed by atoms with E-state index in [1.807, 2.05) is 0 Å². The van der Waals surface area contributed by atoms with Crippen LogP contribution in [0.4, 0.5) is 5.95 Å². The van der Waals surface area contributed by atoms with Crippen LogP contribution in [0.2, 0.25) is 0 Å². The standard InChI is InChI=1S/C10H13N5O2S/c11-10-13-8-7(9(16)14-10)12-4-15(8)6-2-1-5(3-18)17-6/h4-6,18H,1-3H2,(H3,11,13,14,16)/t5-,6+/m0/s1. The van der Waals surface area contributed by atoms with Crippen LogP contribution in [0.15, 0.2) is 11.1 Å². The number of imidazole rings is 1. The first-order valence-electron chi connectivity index (χ1n) is 5.67. The van der Waals surface area contributed by atoms with Gasteiger partial charge in [0.05, 0.1) is 12.4 Å². The number of aromatic nitrogens is 4. The van der Waals surface area contributed by atoms with E-state index in [1.165, 1.54) is 0 Å². The fraction of sp³-hybridized carbons (Fsp3) is 0.500. The van der Waals surface area contributed by atoms with Gasteiger partial charge >= 0.3 is 0 Å². The predicted molar refractivity (Wildman–Crippen MR) is 69.6 cm³/mol. The lowest BCUT2D eigenvalue weighted by Crippen LogP contribution is -2.15. The number of nitrogen functional groups attached to an aromatic ring is 1. The van der Waals surface area contributed by atoms with Crippen LogP contribution in [0.3, 0.4) is 0 Å². The largest absolute Gasteiger partial charge is 0.369 e. The molecule has 0 radical (unpaired) electrons. The van der Waals surface area contributed by atoms with Crippen molar-refractivity contribution in [2.75, 3.05) is 11.5 Å². The first-order valence-corrected chi connectivity index (χ1v) is 6.31. The number of rotatable bonds is 2. The minimum atomic E-state index is -0.333. The first-order chi connectivity index (χ1) is 8.69. The van der Waals surface area contributed by atoms with Crippen LogP contribution < -0.4 is 11.3 Å². The van der Waals surface area contributed by atoms with Crippen LogP contribution in [-0.2, 0) is 4.74 Å². The molecule has 3 N–H and O–H groups in total. The molecule has 1 saturated heterocycles. The molecular weight excluding hydrogens is 254 g/mol. The van der Waals surface area contributed by atoms with E-state index in [9.17, 15) is 4.79 Å². The highest BCUT2D eigenvalue weighted by Crippen LogP contribution is 2.30. The van der Waals surface area contributed by atoms with Crippen molar-refractivity contribution in [1.29, 1.82) is 0 Å². The second kappa shape index (κ2) is 4.29. The number of hydrogen-bond donors (Lipinski definition) is 3. The highest BCUT2D eigenvalue weighted by atomic mass is 32.1. The molecule has 1 aliphatic heterocycles. The van der Waals surface area contributed by atoms with Crippen LogP contribution in [-0.4, -0.2) is 31.4 Å². The van der Waals surface area contributed by atoms with E-state index in [1.54, 1.807) is 10.9 Å². The van der Waals surface area contributed by atoms with E-state index >= 15 is 0 Å². The van der Waals surface area contributed by atoms with Gasteiger partial charge in [-0.15, -0.1) is 0 Å². The van der Waals surface area contributed by atoms with Crippen molar-refractivity contribution in [2.45, 2.75) is 25.2 Å². The minimum absolute atomic E-state index is 0.0815. The van der Waals surface area contributed by atoms with Crippen molar-refractivity contribution >= 4 is 29.7 Å². The van der Waals surface area contributed by atoms with E-state index in [2.05, 4.69) is 27.6 Å². The first kappa shape index (κ1) is 11.5. The zero-order valence-electron chi connectivity index (χ0n) is 9.54. The predicted octanol–water partition coefficient (Wildman–Crippen LogP) is 0.309. The Hall–Kier alpha value is -1.54. The molecule has 0 saturated carbocycles. The van der Waals surface area contributed by atoms with Gasteiger partial charge in [-0.2, -0.15) is 17.6 Å². The number of H-pyrrole nitrogens is 1. The highest BCUT2D eigenvalue weighted by molar-refractivity contribution is 7.80. The summed E-state index contributed by atoms with van der Waals surface area (Å²) >= 11 is 4.22. The average Bonchev–Trinajstić information content (AvgIpc) is 2.93. The summed E-state index contributed by atoms with van der Waals surface area (Å²) in [4.78, 5) is 22.2. The zero-order valence-corrected chi connectivity index (χ0v) is 10.4. The number of nitrogens with zero attached hydrogens (tertiary/aromatic N) is 3. The molecule has 3 rings (SSSR count). The molecule has 0 aromatic carbocycles. The fourth-order valence-electron chi connectivity index (χ4n) is 2.18. The summed E-state index contributed by atoms with van der Waals surface area (Å²) in [5.41, 5.74) is 5.95. The van der Waals surface area contributed by atoms with E-state index in [-0.39, 0.29) is 29.4 Å². The number of nitrogens with one attached hydrogen (secondary N) is 1. The van der Waals surface area contributed by atoms with Crippen LogP contribution >= 0.6 is 12.6 Å². The topological polar surface area (TPSA) is 98.8 Å². The molecule has 0 spiro atoms. The fourth-order valence-corrected chi connectivity index (χ4v) is 2.45. The maximum atomic E-state index is 11.6. The van der Waals surface area contributed by atoms with Crippen molar-refractivity contribution in [1.82, 2.24) is 19.5 Å². The van der Waals surface area contributed by atoms with Gasteiger partial charge < -0.3 is 10.5 Å². The summed E-state index contributed by atoms with van der Waals surface area (Å²) in [6.45, 7) is 0. The summed E-state index contributed by atoms with van der Waals surface area (Å²) in [5, 5.41) is 0. The van der Waals surface area contributed by atoms with Gasteiger partial charge in [0.15, 0.2) is 11.2 Å². The monoisotopic (exact) mass is 267 g/mol. The molecule has 18 heavy (non-hydrogen) atoms. The molecular formula is C10H13N5O2S. The Morgan fingerprint density at radius 1 is 1.61 bits per heavy atom. The molecule has 1 aliphatic rings. The molecule has 8 heteroatoms. The molecule has 0 bridgehead atoms. The molecule has 96 valence electrons. The summed E-state index contributed by atoms with van der Waals surface area (Å²) in [7, 11) is 0. The molecule has 7 nitrogen and oxygen atoms in total. The number of nitrogens with two attached hydrogens (primary N) is 1. The SMILES string of the molecule is Nc1nc2c(ncn2[C@H]2CC[C@@H](CS)O2)c(=O)[nH]1. The quantitative estimate of drug-likeness (QED) is 0.680. The van der Waals surface area contributed by atoms with Gasteiger partial charge in [0, 0.05) is 5.75 Å². The molecule has 2 aromatic heterocycles. The lowest BCUT2D eigenvalue weighted by atomic mass is 10.2. The maximum Gasteiger partial charge on any atom is 0.280 e. The van der Waals surface area contributed by atoms with E-state index in [4.69, 9.17) is 10.5 Å². The number of anilines is 1. The van der Waals surface area contributed by atoms with Gasteiger partial charge in [-0.1, -0.05) is 0 Å². The van der Waals surface area contributed by atoms with E-state index in [0.717, 1.165) is 12.8 Å². The van der Waals surface area contributed by atoms with Gasteiger partial charge in [-0.05, 0) is 12.8 Å². The zero-order chi connectivity index (χ0) is 12.7. The Morgan fingerprint density at radius 3 is 3.17 bits per heavy atom. The molecule has 0 unspecified atom stereocenters. The minimum Gasteiger partial charge on any atom is -0.369 e. The third kappa shape index (κ3) is 1.77. The van der Waals surface area contributed by atoms with Crippen molar-refractivity contribution in [3.05, 3.63) is 16.7 Å². The van der Waals surface area contributed by atoms with Gasteiger partial charge in [0.2, 0.25) is 5.95 Å². The summed E-state index contributed by atoms with van der Waals surface area (Å²) in [5.74, 6) is 0.761. The Kier molecular flexibility index (Phi) is 2.75. The smallest absolute Gasteiger partial charge is 0.280 e.